The van der Waals surface area contributed by atoms with Crippen molar-refractivity contribution in [2.24, 2.45) is 0 Å². The van der Waals surface area contributed by atoms with Crippen LogP contribution >= 0.6 is 11.6 Å². The van der Waals surface area contributed by atoms with Gasteiger partial charge in [-0.05, 0) is 24.8 Å². The van der Waals surface area contributed by atoms with Crippen molar-refractivity contribution < 1.29 is 4.79 Å². The van der Waals surface area contributed by atoms with Crippen LogP contribution in [-0.4, -0.2) is 11.2 Å². The van der Waals surface area contributed by atoms with E-state index in [0.29, 0.717) is 11.5 Å². The summed E-state index contributed by atoms with van der Waals surface area (Å²) in [4.78, 5) is 11.6. The van der Waals surface area contributed by atoms with Gasteiger partial charge in [-0.15, -0.1) is 11.6 Å². The Hall–Kier alpha value is -0.820. The average Bonchev–Trinajstić information content (AvgIpc) is 2.27. The fourth-order valence-corrected chi connectivity index (χ4v) is 1.57. The molecule has 0 N–H and O–H groups in total. The van der Waals surface area contributed by atoms with Crippen molar-refractivity contribution in [1.82, 2.24) is 0 Å². The Balaban J connectivity index is 2.85. The molecule has 1 aromatic rings. The smallest absolute Gasteiger partial charge is 0.180 e. The molecular formula is C13H17ClO. The third-order valence-corrected chi connectivity index (χ3v) is 2.94. The molecule has 0 heterocycles. The summed E-state index contributed by atoms with van der Waals surface area (Å²) in [5.74, 6) is 0.537. The molecule has 1 rings (SSSR count). The normalized spacial score (nSPS) is 14.7. The van der Waals surface area contributed by atoms with E-state index in [0.717, 1.165) is 6.42 Å². The second-order valence-corrected chi connectivity index (χ2v) is 4.57. The highest BCUT2D eigenvalue weighted by molar-refractivity contribution is 6.33. The van der Waals surface area contributed by atoms with Crippen molar-refractivity contribution in [3.63, 3.8) is 0 Å². The Kier molecular flexibility index (Phi) is 4.34. The second-order valence-electron chi connectivity index (χ2n) is 3.91. The van der Waals surface area contributed by atoms with Gasteiger partial charge in [-0.3, -0.25) is 4.79 Å². The number of halogens is 1. The molecule has 2 heteroatoms. The zero-order valence-electron chi connectivity index (χ0n) is 9.46. The molecule has 0 aliphatic rings. The number of ketones is 1. The van der Waals surface area contributed by atoms with Gasteiger partial charge in [-0.25, -0.2) is 0 Å². The number of Topliss-reactive ketones (excluding diaryl/α,β-unsaturated/α-hetero) is 1. The minimum atomic E-state index is -0.445. The topological polar surface area (TPSA) is 17.1 Å². The van der Waals surface area contributed by atoms with Crippen LogP contribution in [0.4, 0.5) is 0 Å². The Morgan fingerprint density at radius 1 is 1.27 bits per heavy atom. The van der Waals surface area contributed by atoms with Gasteiger partial charge in [0.05, 0.1) is 5.38 Å². The van der Waals surface area contributed by atoms with Gasteiger partial charge in [-0.2, -0.15) is 0 Å². The van der Waals surface area contributed by atoms with Gasteiger partial charge in [0.15, 0.2) is 5.78 Å². The highest BCUT2D eigenvalue weighted by atomic mass is 35.5. The number of alkyl halides is 1. The van der Waals surface area contributed by atoms with E-state index in [2.05, 4.69) is 13.8 Å². The van der Waals surface area contributed by atoms with Crippen LogP contribution in [0, 0.1) is 0 Å². The van der Waals surface area contributed by atoms with Crippen LogP contribution in [0.25, 0.3) is 0 Å². The molecule has 0 spiro atoms. The predicted octanol–water partition coefficient (Wildman–Crippen LogP) is 4.01. The molecule has 15 heavy (non-hydrogen) atoms. The first-order valence-electron chi connectivity index (χ1n) is 5.34. The standard InChI is InChI=1S/C13H17ClO/c1-4-9(2)11-5-7-12(8-6-11)13(15)10(3)14/h5-10H,4H2,1-3H3. The fourth-order valence-electron chi connectivity index (χ4n) is 1.44. The first-order valence-corrected chi connectivity index (χ1v) is 5.78. The van der Waals surface area contributed by atoms with Crippen LogP contribution in [0.1, 0.15) is 49.0 Å². The monoisotopic (exact) mass is 224 g/mol. The van der Waals surface area contributed by atoms with Crippen LogP contribution in [0.5, 0.6) is 0 Å². The van der Waals surface area contributed by atoms with Crippen LogP contribution < -0.4 is 0 Å². The van der Waals surface area contributed by atoms with Gasteiger partial charge in [0, 0.05) is 5.56 Å². The number of hydrogen-bond donors (Lipinski definition) is 0. The maximum absolute atomic E-state index is 11.6. The van der Waals surface area contributed by atoms with Crippen LogP contribution in [0.2, 0.25) is 0 Å². The highest BCUT2D eigenvalue weighted by Gasteiger charge is 2.12. The van der Waals surface area contributed by atoms with Crippen LogP contribution in [-0.2, 0) is 0 Å². The maximum Gasteiger partial charge on any atom is 0.180 e. The second kappa shape index (κ2) is 5.32. The zero-order chi connectivity index (χ0) is 11.4. The van der Waals surface area contributed by atoms with Gasteiger partial charge >= 0.3 is 0 Å². The number of rotatable bonds is 4. The Morgan fingerprint density at radius 3 is 2.20 bits per heavy atom. The number of carbonyl (C=O) groups is 1. The summed E-state index contributed by atoms with van der Waals surface area (Å²) in [5.41, 5.74) is 1.97. The molecule has 0 fully saturated rings. The minimum Gasteiger partial charge on any atom is -0.293 e. The molecule has 2 atom stereocenters. The molecule has 1 aromatic carbocycles. The number of benzene rings is 1. The molecule has 0 aromatic heterocycles. The van der Waals surface area contributed by atoms with E-state index in [1.807, 2.05) is 24.3 Å². The summed E-state index contributed by atoms with van der Waals surface area (Å²) >= 11 is 5.74. The van der Waals surface area contributed by atoms with Gasteiger partial charge in [0.1, 0.15) is 0 Å². The molecule has 0 bridgehead atoms. The lowest BCUT2D eigenvalue weighted by Crippen LogP contribution is -2.10. The van der Waals surface area contributed by atoms with Crippen molar-refractivity contribution in [3.8, 4) is 0 Å². The van der Waals surface area contributed by atoms with E-state index >= 15 is 0 Å². The largest absolute Gasteiger partial charge is 0.293 e. The van der Waals surface area contributed by atoms with Gasteiger partial charge in [-0.1, -0.05) is 38.1 Å². The van der Waals surface area contributed by atoms with E-state index in [1.54, 1.807) is 6.92 Å². The summed E-state index contributed by atoms with van der Waals surface area (Å²) in [6, 6.07) is 7.76. The molecule has 0 saturated heterocycles. The molecule has 82 valence electrons. The van der Waals surface area contributed by atoms with E-state index in [-0.39, 0.29) is 5.78 Å². The maximum atomic E-state index is 11.6. The predicted molar refractivity (Wildman–Crippen MR) is 64.8 cm³/mol. The van der Waals surface area contributed by atoms with Crippen molar-refractivity contribution in [1.29, 1.82) is 0 Å². The molecule has 0 amide bonds. The Bertz CT molecular complexity index is 327. The average molecular weight is 225 g/mol. The zero-order valence-corrected chi connectivity index (χ0v) is 10.2. The first-order chi connectivity index (χ1) is 7.06. The van der Waals surface area contributed by atoms with Crippen molar-refractivity contribution >= 4 is 17.4 Å². The molecule has 0 aliphatic carbocycles. The minimum absolute atomic E-state index is 0.00707. The summed E-state index contributed by atoms with van der Waals surface area (Å²) < 4.78 is 0. The van der Waals surface area contributed by atoms with Crippen LogP contribution in [0.3, 0.4) is 0 Å². The summed E-state index contributed by atoms with van der Waals surface area (Å²) in [6.07, 6.45) is 1.11. The van der Waals surface area contributed by atoms with Crippen molar-refractivity contribution in [2.45, 2.75) is 38.5 Å². The molecule has 1 nitrogen and oxygen atoms in total. The third kappa shape index (κ3) is 3.07. The van der Waals surface area contributed by atoms with E-state index in [9.17, 15) is 4.79 Å². The summed E-state index contributed by atoms with van der Waals surface area (Å²) in [6.45, 7) is 6.04. The summed E-state index contributed by atoms with van der Waals surface area (Å²) in [7, 11) is 0. The van der Waals surface area contributed by atoms with E-state index in [1.165, 1.54) is 5.56 Å². The molecule has 0 radical (unpaired) electrons. The number of hydrogen-bond acceptors (Lipinski definition) is 1. The Labute approximate surface area is 96.5 Å². The first kappa shape index (κ1) is 12.3. The summed E-state index contributed by atoms with van der Waals surface area (Å²) in [5, 5.41) is -0.445. The quantitative estimate of drug-likeness (QED) is 0.558. The fraction of sp³-hybridized carbons (Fsp3) is 0.462. The Morgan fingerprint density at radius 2 is 1.80 bits per heavy atom. The number of carbonyl (C=O) groups excluding carboxylic acids is 1. The molecule has 0 saturated carbocycles. The molecule has 2 unspecified atom stereocenters. The van der Waals surface area contributed by atoms with Gasteiger partial charge in [0.2, 0.25) is 0 Å². The highest BCUT2D eigenvalue weighted by Crippen LogP contribution is 2.19. The lowest BCUT2D eigenvalue weighted by atomic mass is 9.96. The van der Waals surface area contributed by atoms with Gasteiger partial charge in [0.25, 0.3) is 0 Å². The van der Waals surface area contributed by atoms with E-state index < -0.39 is 5.38 Å². The van der Waals surface area contributed by atoms with Gasteiger partial charge < -0.3 is 0 Å². The van der Waals surface area contributed by atoms with Crippen molar-refractivity contribution in [2.75, 3.05) is 0 Å². The molecular weight excluding hydrogens is 208 g/mol. The third-order valence-electron chi connectivity index (χ3n) is 2.74. The SMILES string of the molecule is CCC(C)c1ccc(C(=O)C(C)Cl)cc1. The lowest BCUT2D eigenvalue weighted by Gasteiger charge is -2.09. The molecule has 0 aliphatic heterocycles. The van der Waals surface area contributed by atoms with Crippen molar-refractivity contribution in [3.05, 3.63) is 35.4 Å². The van der Waals surface area contributed by atoms with Crippen LogP contribution in [0.15, 0.2) is 24.3 Å². The van der Waals surface area contributed by atoms with E-state index in [4.69, 9.17) is 11.6 Å². The lowest BCUT2D eigenvalue weighted by molar-refractivity contribution is 0.0991.